The molecule has 0 aromatic carbocycles. The van der Waals surface area contributed by atoms with E-state index in [0.29, 0.717) is 23.9 Å². The molecular weight excluding hydrogens is 635 g/mol. The highest BCUT2D eigenvalue weighted by Crippen LogP contribution is 2.43. The van der Waals surface area contributed by atoms with E-state index in [0.717, 1.165) is 64.2 Å². The number of carbonyl (C=O) groups is 1. The van der Waals surface area contributed by atoms with Crippen LogP contribution < -0.4 is 5.32 Å². The van der Waals surface area contributed by atoms with Crippen molar-refractivity contribution in [3.63, 3.8) is 0 Å². The third-order valence-electron chi connectivity index (χ3n) is 8.95. The molecule has 0 aliphatic heterocycles. The van der Waals surface area contributed by atoms with Crippen LogP contribution in [0.2, 0.25) is 0 Å². The number of carbonyl (C=O) groups excluding carboxylic acids is 1. The number of rotatable bonds is 36. The molecule has 1 amide bonds. The largest absolute Gasteiger partial charge is 0.472 e. The van der Waals surface area contributed by atoms with Crippen LogP contribution in [-0.4, -0.2) is 73.4 Å². The zero-order valence-corrected chi connectivity index (χ0v) is 33.6. The van der Waals surface area contributed by atoms with Crippen LogP contribution in [0.3, 0.4) is 0 Å². The molecule has 0 aromatic rings. The maximum absolute atomic E-state index is 12.8. The third kappa shape index (κ3) is 35.2. The Balaban J connectivity index is 4.44. The lowest BCUT2D eigenvalue weighted by atomic mass is 10.0. The lowest BCUT2D eigenvalue weighted by molar-refractivity contribution is -0.870. The first-order valence-corrected chi connectivity index (χ1v) is 21.7. The summed E-state index contributed by atoms with van der Waals surface area (Å²) in [7, 11) is 1.60. The van der Waals surface area contributed by atoms with Gasteiger partial charge in [0.2, 0.25) is 5.91 Å². The number of phosphoric acid groups is 1. The van der Waals surface area contributed by atoms with Gasteiger partial charge in [0.25, 0.3) is 0 Å². The Morgan fingerprint density at radius 3 is 1.69 bits per heavy atom. The first-order chi connectivity index (χ1) is 23.5. The number of amides is 1. The second-order valence-electron chi connectivity index (χ2n) is 15.0. The third-order valence-corrected chi connectivity index (χ3v) is 9.94. The van der Waals surface area contributed by atoms with E-state index in [4.69, 9.17) is 9.05 Å². The molecule has 290 valence electrons. The fraction of sp³-hybridized carbons (Fsp3) is 0.875. The predicted octanol–water partition coefficient (Wildman–Crippen LogP) is 10.6. The van der Waals surface area contributed by atoms with Gasteiger partial charge in [-0.1, -0.05) is 147 Å². The van der Waals surface area contributed by atoms with Crippen LogP contribution in [0.25, 0.3) is 0 Å². The summed E-state index contributed by atoms with van der Waals surface area (Å²) in [5.41, 5.74) is 0. The Labute approximate surface area is 303 Å². The number of hydrogen-bond acceptors (Lipinski definition) is 5. The van der Waals surface area contributed by atoms with Gasteiger partial charge in [0.1, 0.15) is 13.2 Å². The molecule has 3 atom stereocenters. The molecule has 0 bridgehead atoms. The van der Waals surface area contributed by atoms with Crippen LogP contribution in [0.15, 0.2) is 24.3 Å². The highest BCUT2D eigenvalue weighted by atomic mass is 31.2. The maximum atomic E-state index is 12.8. The normalized spacial score (nSPS) is 14.8. The summed E-state index contributed by atoms with van der Waals surface area (Å²) < 4.78 is 23.5. The summed E-state index contributed by atoms with van der Waals surface area (Å²) in [6.07, 6.45) is 36.2. The first-order valence-electron chi connectivity index (χ1n) is 20.2. The Morgan fingerprint density at radius 2 is 1.16 bits per heavy atom. The average Bonchev–Trinajstić information content (AvgIpc) is 3.04. The summed E-state index contributed by atoms with van der Waals surface area (Å²) in [4.78, 5) is 23.0. The van der Waals surface area contributed by atoms with Gasteiger partial charge in [-0.2, -0.15) is 0 Å². The standard InChI is InChI=1S/C40H79N2O6P/c1-6-8-10-12-14-16-18-19-20-21-22-24-26-28-30-32-34-40(44)41-38(37-48-49(45,46)47-36-35-42(3,4)5)39(43)33-31-29-27-25-23-17-15-13-11-9-7-2/h16,18,20-21,38-39,43H,6-15,17,19,22-37H2,1-5H3,(H-,41,44,45,46)/p+1/b18-16-,21-20-. The second-order valence-corrected chi connectivity index (χ2v) is 16.5. The maximum Gasteiger partial charge on any atom is 0.472 e. The van der Waals surface area contributed by atoms with Crippen LogP contribution in [0.1, 0.15) is 174 Å². The van der Waals surface area contributed by atoms with Crippen LogP contribution in [0.5, 0.6) is 0 Å². The summed E-state index contributed by atoms with van der Waals surface area (Å²) in [6.45, 7) is 4.83. The van der Waals surface area contributed by atoms with Gasteiger partial charge >= 0.3 is 7.82 Å². The van der Waals surface area contributed by atoms with Gasteiger partial charge in [0.05, 0.1) is 39.9 Å². The fourth-order valence-electron chi connectivity index (χ4n) is 5.66. The minimum atomic E-state index is -4.31. The quantitative estimate of drug-likeness (QED) is 0.0258. The molecule has 0 saturated carbocycles. The van der Waals surface area contributed by atoms with E-state index in [2.05, 4.69) is 43.5 Å². The molecule has 0 spiro atoms. The first kappa shape index (κ1) is 48.0. The molecule has 49 heavy (non-hydrogen) atoms. The molecule has 8 nitrogen and oxygen atoms in total. The molecular formula is C40H80N2O6P+. The number of aliphatic hydroxyl groups excluding tert-OH is 1. The van der Waals surface area contributed by atoms with Crippen molar-refractivity contribution >= 4 is 13.7 Å². The Bertz CT molecular complexity index is 860. The molecule has 3 N–H and O–H groups in total. The smallest absolute Gasteiger partial charge is 0.391 e. The number of aliphatic hydroxyl groups is 1. The fourth-order valence-corrected chi connectivity index (χ4v) is 6.40. The molecule has 0 aliphatic rings. The minimum absolute atomic E-state index is 0.0719. The molecule has 0 radical (unpaired) electrons. The Hall–Kier alpha value is -1.02. The summed E-state index contributed by atoms with van der Waals surface area (Å²) in [6, 6.07) is -0.763. The van der Waals surface area contributed by atoms with E-state index in [1.54, 1.807) is 0 Å². The number of nitrogens with zero attached hydrogens (tertiary/aromatic N) is 1. The monoisotopic (exact) mass is 716 g/mol. The van der Waals surface area contributed by atoms with Gasteiger partial charge in [-0.15, -0.1) is 0 Å². The SMILES string of the molecule is CCCCCC/C=C\C/C=C\CCCCCCCC(=O)NC(COP(=O)(O)OCC[N+](C)(C)C)C(O)CCCCCCCCCCCCC. The van der Waals surface area contributed by atoms with E-state index < -0.39 is 20.0 Å². The zero-order chi connectivity index (χ0) is 36.5. The van der Waals surface area contributed by atoms with Crippen molar-refractivity contribution in [2.45, 2.75) is 187 Å². The number of quaternary nitrogens is 1. The van der Waals surface area contributed by atoms with Crippen molar-refractivity contribution in [2.75, 3.05) is 40.9 Å². The van der Waals surface area contributed by atoms with Gasteiger partial charge in [0.15, 0.2) is 0 Å². The summed E-state index contributed by atoms with van der Waals surface area (Å²) in [5.74, 6) is -0.160. The number of allylic oxidation sites excluding steroid dienone is 4. The van der Waals surface area contributed by atoms with E-state index in [1.807, 2.05) is 21.1 Å². The van der Waals surface area contributed by atoms with Crippen LogP contribution in [-0.2, 0) is 18.4 Å². The van der Waals surface area contributed by atoms with E-state index in [-0.39, 0.29) is 19.1 Å². The zero-order valence-electron chi connectivity index (χ0n) is 32.7. The summed E-state index contributed by atoms with van der Waals surface area (Å²) in [5, 5.41) is 13.9. The number of hydrogen-bond donors (Lipinski definition) is 3. The van der Waals surface area contributed by atoms with Gasteiger partial charge in [-0.3, -0.25) is 13.8 Å². The molecule has 0 rings (SSSR count). The van der Waals surface area contributed by atoms with Crippen molar-refractivity contribution in [3.8, 4) is 0 Å². The number of nitrogens with one attached hydrogen (secondary N) is 1. The topological polar surface area (TPSA) is 105 Å². The number of phosphoric ester groups is 1. The molecule has 0 fully saturated rings. The molecule has 0 heterocycles. The number of likely N-dealkylation sites (N-methyl/N-ethyl adjacent to an activating group) is 1. The average molecular weight is 716 g/mol. The second kappa shape index (κ2) is 32.9. The molecule has 0 saturated heterocycles. The van der Waals surface area contributed by atoms with Crippen LogP contribution >= 0.6 is 7.82 Å². The van der Waals surface area contributed by atoms with Crippen molar-refractivity contribution in [3.05, 3.63) is 24.3 Å². The molecule has 9 heteroatoms. The lowest BCUT2D eigenvalue weighted by Crippen LogP contribution is -2.46. The molecule has 0 aromatic heterocycles. The van der Waals surface area contributed by atoms with Crippen molar-refractivity contribution in [1.82, 2.24) is 5.32 Å². The Kier molecular flexibility index (Phi) is 32.2. The van der Waals surface area contributed by atoms with Gasteiger partial charge in [-0.05, 0) is 44.9 Å². The predicted molar refractivity (Wildman–Crippen MR) is 208 cm³/mol. The molecule has 3 unspecified atom stereocenters. The van der Waals surface area contributed by atoms with Crippen molar-refractivity contribution in [1.29, 1.82) is 0 Å². The number of unbranched alkanes of at least 4 members (excludes halogenated alkanes) is 19. The summed E-state index contributed by atoms with van der Waals surface area (Å²) >= 11 is 0. The minimum Gasteiger partial charge on any atom is -0.391 e. The van der Waals surface area contributed by atoms with Crippen LogP contribution in [0, 0.1) is 0 Å². The highest BCUT2D eigenvalue weighted by molar-refractivity contribution is 7.47. The van der Waals surface area contributed by atoms with Gasteiger partial charge in [0, 0.05) is 6.42 Å². The highest BCUT2D eigenvalue weighted by Gasteiger charge is 2.28. The van der Waals surface area contributed by atoms with E-state index in [9.17, 15) is 19.4 Å². The van der Waals surface area contributed by atoms with Gasteiger partial charge in [-0.25, -0.2) is 4.57 Å². The lowest BCUT2D eigenvalue weighted by Gasteiger charge is -2.26. The van der Waals surface area contributed by atoms with Crippen molar-refractivity contribution < 1.29 is 32.9 Å². The van der Waals surface area contributed by atoms with Crippen molar-refractivity contribution in [2.24, 2.45) is 0 Å². The Morgan fingerprint density at radius 1 is 0.694 bits per heavy atom. The van der Waals surface area contributed by atoms with Gasteiger partial charge < -0.3 is 19.8 Å². The molecule has 0 aliphatic carbocycles. The van der Waals surface area contributed by atoms with E-state index in [1.165, 1.54) is 83.5 Å². The van der Waals surface area contributed by atoms with E-state index >= 15 is 0 Å². The van der Waals surface area contributed by atoms with Crippen LogP contribution in [0.4, 0.5) is 0 Å².